The van der Waals surface area contributed by atoms with Crippen LogP contribution in [-0.2, 0) is 9.59 Å². The maximum absolute atomic E-state index is 13.7. The second kappa shape index (κ2) is 9.12. The van der Waals surface area contributed by atoms with E-state index < -0.39 is 17.9 Å². The summed E-state index contributed by atoms with van der Waals surface area (Å²) in [6, 6.07) is 5.91. The van der Waals surface area contributed by atoms with Crippen LogP contribution in [0.4, 0.5) is 4.39 Å². The molecule has 0 radical (unpaired) electrons. The number of halogens is 1. The van der Waals surface area contributed by atoms with Crippen LogP contribution in [0.5, 0.6) is 5.75 Å². The van der Waals surface area contributed by atoms with Crippen molar-refractivity contribution in [1.29, 1.82) is 0 Å². The molecule has 0 aliphatic rings. The molecule has 0 spiro atoms. The van der Waals surface area contributed by atoms with Gasteiger partial charge in [-0.2, -0.15) is 0 Å². The zero-order valence-electron chi connectivity index (χ0n) is 13.8. The molecule has 0 aliphatic carbocycles. The van der Waals surface area contributed by atoms with Crippen molar-refractivity contribution < 1.29 is 23.8 Å². The molecule has 0 aromatic heterocycles. The van der Waals surface area contributed by atoms with Gasteiger partial charge in [0, 0.05) is 13.1 Å². The number of nitrogens with zero attached hydrogens (tertiary/aromatic N) is 1. The minimum absolute atomic E-state index is 0.0235. The third kappa shape index (κ3) is 6.26. The van der Waals surface area contributed by atoms with E-state index in [0.717, 1.165) is 0 Å². The predicted molar refractivity (Wildman–Crippen MR) is 84.8 cm³/mol. The quantitative estimate of drug-likeness (QED) is 0.758. The van der Waals surface area contributed by atoms with E-state index in [2.05, 4.69) is 0 Å². The molecule has 128 valence electrons. The Morgan fingerprint density at radius 3 is 2.48 bits per heavy atom. The van der Waals surface area contributed by atoms with Gasteiger partial charge in [0.1, 0.15) is 0 Å². The van der Waals surface area contributed by atoms with Crippen LogP contribution in [0.3, 0.4) is 0 Å². The Kier molecular flexibility index (Phi) is 7.51. The molecular formula is C17H24FNO4. The lowest BCUT2D eigenvalue weighted by molar-refractivity contribution is -0.142. The molecule has 1 atom stereocenters. The minimum atomic E-state index is -0.963. The molecule has 1 rings (SSSR count). The molecule has 6 heteroatoms. The topological polar surface area (TPSA) is 66.8 Å². The van der Waals surface area contributed by atoms with Gasteiger partial charge < -0.3 is 14.7 Å². The zero-order chi connectivity index (χ0) is 17.4. The average Bonchev–Trinajstić information content (AvgIpc) is 2.49. The molecule has 1 aromatic rings. The van der Waals surface area contributed by atoms with E-state index >= 15 is 0 Å². The van der Waals surface area contributed by atoms with Gasteiger partial charge in [0.25, 0.3) is 5.91 Å². The summed E-state index contributed by atoms with van der Waals surface area (Å²) >= 11 is 0. The number of benzene rings is 1. The molecule has 1 aromatic carbocycles. The molecule has 23 heavy (non-hydrogen) atoms. The van der Waals surface area contributed by atoms with Crippen LogP contribution in [-0.4, -0.2) is 41.1 Å². The summed E-state index contributed by atoms with van der Waals surface area (Å²) in [4.78, 5) is 24.9. The molecule has 0 fully saturated rings. The number of aliphatic carboxylic acids is 1. The largest absolute Gasteiger partial charge is 0.481 e. The maximum atomic E-state index is 13.7. The number of hydrogen-bond donors (Lipinski definition) is 1. The first-order chi connectivity index (χ1) is 10.8. The Morgan fingerprint density at radius 2 is 1.96 bits per heavy atom. The molecule has 5 nitrogen and oxygen atoms in total. The van der Waals surface area contributed by atoms with Crippen molar-refractivity contribution in [2.75, 3.05) is 13.1 Å². The monoisotopic (exact) mass is 325 g/mol. The molecule has 0 saturated carbocycles. The van der Waals surface area contributed by atoms with Gasteiger partial charge in [0.15, 0.2) is 17.7 Å². The number of carboxylic acids is 1. The van der Waals surface area contributed by atoms with Crippen molar-refractivity contribution in [3.63, 3.8) is 0 Å². The SMILES string of the molecule is CCC(Oc1ccccc1F)C(=O)N(CCC(=O)O)CC(C)C. The van der Waals surface area contributed by atoms with Crippen LogP contribution in [0.2, 0.25) is 0 Å². The maximum Gasteiger partial charge on any atom is 0.305 e. The average molecular weight is 325 g/mol. The number of para-hydroxylation sites is 1. The fourth-order valence-electron chi connectivity index (χ4n) is 2.17. The summed E-state index contributed by atoms with van der Waals surface area (Å²) in [7, 11) is 0. The van der Waals surface area contributed by atoms with Gasteiger partial charge in [0.05, 0.1) is 6.42 Å². The molecule has 0 saturated heterocycles. The van der Waals surface area contributed by atoms with E-state index in [1.807, 2.05) is 13.8 Å². The standard InChI is InChI=1S/C17H24FNO4/c1-4-14(23-15-8-6-5-7-13(15)18)17(22)19(11-12(2)3)10-9-16(20)21/h5-8,12,14H,4,9-11H2,1-3H3,(H,20,21). The normalized spacial score (nSPS) is 12.0. The lowest BCUT2D eigenvalue weighted by Gasteiger charge is -2.28. The third-order valence-corrected chi connectivity index (χ3v) is 3.24. The van der Waals surface area contributed by atoms with Gasteiger partial charge in [-0.25, -0.2) is 4.39 Å². The highest BCUT2D eigenvalue weighted by atomic mass is 19.1. The molecule has 1 N–H and O–H groups in total. The summed E-state index contributed by atoms with van der Waals surface area (Å²) in [5.74, 6) is -1.59. The van der Waals surface area contributed by atoms with E-state index in [0.29, 0.717) is 13.0 Å². The fraction of sp³-hybridized carbons (Fsp3) is 0.529. The van der Waals surface area contributed by atoms with Crippen LogP contribution in [0.1, 0.15) is 33.6 Å². The first kappa shape index (κ1) is 18.9. The van der Waals surface area contributed by atoms with Gasteiger partial charge in [-0.15, -0.1) is 0 Å². The van der Waals surface area contributed by atoms with E-state index in [9.17, 15) is 14.0 Å². The van der Waals surface area contributed by atoms with Crippen LogP contribution in [0, 0.1) is 11.7 Å². The van der Waals surface area contributed by atoms with Crippen molar-refractivity contribution in [3.8, 4) is 5.75 Å². The van der Waals surface area contributed by atoms with Crippen LogP contribution in [0.15, 0.2) is 24.3 Å². The number of carbonyl (C=O) groups is 2. The number of hydrogen-bond acceptors (Lipinski definition) is 3. The van der Waals surface area contributed by atoms with Crippen LogP contribution < -0.4 is 4.74 Å². The molecule has 1 amide bonds. The Bertz CT molecular complexity index is 533. The van der Waals surface area contributed by atoms with Gasteiger partial charge in [-0.05, 0) is 24.5 Å². The fourth-order valence-corrected chi connectivity index (χ4v) is 2.17. The summed E-state index contributed by atoms with van der Waals surface area (Å²) in [5, 5.41) is 8.83. The van der Waals surface area contributed by atoms with Crippen LogP contribution >= 0.6 is 0 Å². The summed E-state index contributed by atoms with van der Waals surface area (Å²) in [6.07, 6.45) is -0.594. The van der Waals surface area contributed by atoms with Crippen molar-refractivity contribution >= 4 is 11.9 Å². The summed E-state index contributed by atoms with van der Waals surface area (Å²) in [6.45, 7) is 6.21. The Labute approximate surface area is 136 Å². The molecule has 0 aliphatic heterocycles. The van der Waals surface area contributed by atoms with Crippen molar-refractivity contribution in [1.82, 2.24) is 4.90 Å². The smallest absolute Gasteiger partial charge is 0.305 e. The number of carboxylic acid groups (broad SMARTS) is 1. The summed E-state index contributed by atoms with van der Waals surface area (Å²) in [5.41, 5.74) is 0. The van der Waals surface area contributed by atoms with Crippen molar-refractivity contribution in [3.05, 3.63) is 30.1 Å². The predicted octanol–water partition coefficient (Wildman–Crippen LogP) is 2.94. The minimum Gasteiger partial charge on any atom is -0.481 e. The van der Waals surface area contributed by atoms with Crippen LogP contribution in [0.25, 0.3) is 0 Å². The lowest BCUT2D eigenvalue weighted by Crippen LogP contribution is -2.44. The number of ether oxygens (including phenoxy) is 1. The van der Waals surface area contributed by atoms with E-state index in [1.165, 1.54) is 17.0 Å². The van der Waals surface area contributed by atoms with E-state index in [1.54, 1.807) is 19.1 Å². The number of amides is 1. The first-order valence-corrected chi connectivity index (χ1v) is 7.76. The highest BCUT2D eigenvalue weighted by Crippen LogP contribution is 2.19. The molecule has 1 unspecified atom stereocenters. The van der Waals surface area contributed by atoms with Gasteiger partial charge in [-0.1, -0.05) is 32.9 Å². The van der Waals surface area contributed by atoms with Gasteiger partial charge in [0.2, 0.25) is 0 Å². The summed E-state index contributed by atoms with van der Waals surface area (Å²) < 4.78 is 19.2. The van der Waals surface area contributed by atoms with E-state index in [-0.39, 0.29) is 30.5 Å². The number of rotatable bonds is 9. The first-order valence-electron chi connectivity index (χ1n) is 7.76. The third-order valence-electron chi connectivity index (χ3n) is 3.24. The van der Waals surface area contributed by atoms with Gasteiger partial charge in [-0.3, -0.25) is 9.59 Å². The highest BCUT2D eigenvalue weighted by Gasteiger charge is 2.26. The van der Waals surface area contributed by atoms with Crippen molar-refractivity contribution in [2.24, 2.45) is 5.92 Å². The Morgan fingerprint density at radius 1 is 1.30 bits per heavy atom. The second-order valence-corrected chi connectivity index (χ2v) is 5.77. The molecular weight excluding hydrogens is 301 g/mol. The second-order valence-electron chi connectivity index (χ2n) is 5.77. The lowest BCUT2D eigenvalue weighted by atomic mass is 10.1. The number of carbonyl (C=O) groups excluding carboxylic acids is 1. The Balaban J connectivity index is 2.84. The molecule has 0 bridgehead atoms. The van der Waals surface area contributed by atoms with Gasteiger partial charge >= 0.3 is 5.97 Å². The highest BCUT2D eigenvalue weighted by molar-refractivity contribution is 5.81. The van der Waals surface area contributed by atoms with Crippen molar-refractivity contribution in [2.45, 2.75) is 39.7 Å². The Hall–Kier alpha value is -2.11. The van der Waals surface area contributed by atoms with E-state index in [4.69, 9.17) is 9.84 Å². The zero-order valence-corrected chi connectivity index (χ0v) is 13.8. The molecule has 0 heterocycles.